The molecule has 0 spiro atoms. The maximum atomic E-state index is 11.9. The van der Waals surface area contributed by atoms with Crippen LogP contribution in [-0.4, -0.2) is 18.8 Å². The lowest BCUT2D eigenvalue weighted by atomic mass is 10.3. The standard InChI is InChI=1S/C13H14N2O2S2/c1-3-17-12(16)10-11(14)15(13(18-2)19-10)9-7-5-4-6-8-9/h4-8H,3H2,1-2H3,(H-,14,16)/p+1. The highest BCUT2D eigenvalue weighted by molar-refractivity contribution is 8.00. The summed E-state index contributed by atoms with van der Waals surface area (Å²) in [5.74, 6) is 0.0639. The van der Waals surface area contributed by atoms with Crippen molar-refractivity contribution in [2.45, 2.75) is 11.3 Å². The van der Waals surface area contributed by atoms with Crippen LogP contribution in [0.4, 0.5) is 5.82 Å². The Morgan fingerprint density at radius 2 is 2.11 bits per heavy atom. The van der Waals surface area contributed by atoms with E-state index in [2.05, 4.69) is 0 Å². The molecule has 100 valence electrons. The van der Waals surface area contributed by atoms with Gasteiger partial charge in [-0.2, -0.15) is 4.57 Å². The number of carbonyl (C=O) groups excluding carboxylic acids is 1. The molecule has 0 bridgehead atoms. The van der Waals surface area contributed by atoms with Gasteiger partial charge in [0.05, 0.1) is 6.61 Å². The summed E-state index contributed by atoms with van der Waals surface area (Å²) in [6.45, 7) is 2.12. The highest BCUT2D eigenvalue weighted by Gasteiger charge is 2.28. The number of thiazole rings is 1. The van der Waals surface area contributed by atoms with Crippen LogP contribution in [0.2, 0.25) is 0 Å². The Morgan fingerprint density at radius 1 is 1.42 bits per heavy atom. The number of para-hydroxylation sites is 1. The van der Waals surface area contributed by atoms with Gasteiger partial charge in [0.25, 0.3) is 0 Å². The topological polar surface area (TPSA) is 56.2 Å². The van der Waals surface area contributed by atoms with Gasteiger partial charge in [0, 0.05) is 0 Å². The third-order valence-electron chi connectivity index (χ3n) is 2.50. The molecule has 2 aromatic rings. The Hall–Kier alpha value is -1.53. The summed E-state index contributed by atoms with van der Waals surface area (Å²) in [4.78, 5) is 12.3. The summed E-state index contributed by atoms with van der Waals surface area (Å²) in [5.41, 5.74) is 7.04. The maximum Gasteiger partial charge on any atom is 0.357 e. The van der Waals surface area contributed by atoms with Crippen molar-refractivity contribution in [2.75, 3.05) is 18.6 Å². The smallest absolute Gasteiger partial charge is 0.357 e. The largest absolute Gasteiger partial charge is 0.462 e. The van der Waals surface area contributed by atoms with E-state index in [1.165, 1.54) is 11.3 Å². The van der Waals surface area contributed by atoms with Crippen molar-refractivity contribution in [3.8, 4) is 5.69 Å². The number of hydrogen-bond acceptors (Lipinski definition) is 5. The Morgan fingerprint density at radius 3 is 2.68 bits per heavy atom. The van der Waals surface area contributed by atoms with Gasteiger partial charge < -0.3 is 4.74 Å². The fourth-order valence-electron chi connectivity index (χ4n) is 1.68. The molecule has 0 saturated heterocycles. The minimum absolute atomic E-state index is 0.343. The lowest BCUT2D eigenvalue weighted by Gasteiger charge is -2.00. The third kappa shape index (κ3) is 2.74. The first kappa shape index (κ1) is 13.9. The average molecular weight is 295 g/mol. The van der Waals surface area contributed by atoms with E-state index < -0.39 is 0 Å². The summed E-state index contributed by atoms with van der Waals surface area (Å²) in [6.07, 6.45) is 1.96. The number of nitrogens with two attached hydrogens (primary N) is 1. The van der Waals surface area contributed by atoms with Crippen LogP contribution < -0.4 is 10.3 Å². The van der Waals surface area contributed by atoms with Crippen molar-refractivity contribution in [1.82, 2.24) is 0 Å². The van der Waals surface area contributed by atoms with Gasteiger partial charge in [0.1, 0.15) is 5.69 Å². The molecule has 0 unspecified atom stereocenters. The van der Waals surface area contributed by atoms with Gasteiger partial charge in [0.15, 0.2) is 0 Å². The zero-order valence-electron chi connectivity index (χ0n) is 10.8. The van der Waals surface area contributed by atoms with E-state index in [0.29, 0.717) is 17.3 Å². The molecule has 0 atom stereocenters. The van der Waals surface area contributed by atoms with E-state index in [0.717, 1.165) is 10.0 Å². The number of nitrogen functional groups attached to an aromatic ring is 1. The molecule has 0 fully saturated rings. The zero-order valence-corrected chi connectivity index (χ0v) is 12.4. The number of benzene rings is 1. The van der Waals surface area contributed by atoms with Crippen molar-refractivity contribution < 1.29 is 14.1 Å². The second kappa shape index (κ2) is 6.08. The molecule has 0 radical (unpaired) electrons. The number of aromatic nitrogens is 1. The molecule has 6 heteroatoms. The van der Waals surface area contributed by atoms with Gasteiger partial charge in [-0.3, -0.25) is 5.73 Å². The molecule has 0 saturated carbocycles. The van der Waals surface area contributed by atoms with E-state index in [1.807, 2.05) is 41.2 Å². The first-order chi connectivity index (χ1) is 9.19. The summed E-state index contributed by atoms with van der Waals surface area (Å²) in [6, 6.07) is 9.73. The number of carbonyl (C=O) groups is 1. The third-order valence-corrected chi connectivity index (χ3v) is 4.71. The number of hydrogen-bond donors (Lipinski definition) is 1. The van der Waals surface area contributed by atoms with Crippen LogP contribution in [0.1, 0.15) is 16.6 Å². The predicted molar refractivity (Wildman–Crippen MR) is 78.0 cm³/mol. The molecule has 0 aliphatic carbocycles. The Balaban J connectivity index is 2.52. The van der Waals surface area contributed by atoms with Gasteiger partial charge in [-0.25, -0.2) is 4.79 Å². The monoisotopic (exact) mass is 295 g/mol. The Labute approximate surface area is 120 Å². The minimum atomic E-state index is -0.366. The number of nitrogens with zero attached hydrogens (tertiary/aromatic N) is 1. The average Bonchev–Trinajstić information content (AvgIpc) is 2.77. The number of esters is 1. The summed E-state index contributed by atoms with van der Waals surface area (Å²) < 4.78 is 7.85. The van der Waals surface area contributed by atoms with Crippen molar-refractivity contribution in [3.63, 3.8) is 0 Å². The molecule has 0 aliphatic rings. The zero-order chi connectivity index (χ0) is 13.8. The quantitative estimate of drug-likeness (QED) is 0.535. The molecule has 2 rings (SSSR count). The van der Waals surface area contributed by atoms with Gasteiger partial charge in [0.2, 0.25) is 9.22 Å². The van der Waals surface area contributed by atoms with Crippen LogP contribution in [0.15, 0.2) is 34.7 Å². The molecule has 1 aromatic carbocycles. The summed E-state index contributed by atoms with van der Waals surface area (Å²) >= 11 is 2.91. The molecule has 0 amide bonds. The van der Waals surface area contributed by atoms with Crippen LogP contribution in [0.3, 0.4) is 0 Å². The van der Waals surface area contributed by atoms with Crippen molar-refractivity contribution in [1.29, 1.82) is 0 Å². The fourth-order valence-corrected chi connectivity index (χ4v) is 3.46. The highest BCUT2D eigenvalue weighted by Crippen LogP contribution is 2.28. The fraction of sp³-hybridized carbons (Fsp3) is 0.231. The van der Waals surface area contributed by atoms with E-state index in [9.17, 15) is 4.79 Å². The number of thioether (sulfide) groups is 1. The second-order valence-corrected chi connectivity index (χ2v) is 5.73. The first-order valence-electron chi connectivity index (χ1n) is 5.79. The highest BCUT2D eigenvalue weighted by atomic mass is 32.2. The van der Waals surface area contributed by atoms with Crippen molar-refractivity contribution in [3.05, 3.63) is 35.2 Å². The maximum absolute atomic E-state index is 11.9. The normalized spacial score (nSPS) is 10.4. The number of anilines is 1. The van der Waals surface area contributed by atoms with Gasteiger partial charge in [-0.15, -0.1) is 0 Å². The molecule has 19 heavy (non-hydrogen) atoms. The van der Waals surface area contributed by atoms with Crippen LogP contribution in [0, 0.1) is 0 Å². The summed E-state index contributed by atoms with van der Waals surface area (Å²) in [7, 11) is 0. The number of rotatable bonds is 4. The van der Waals surface area contributed by atoms with E-state index in [-0.39, 0.29) is 5.97 Å². The van der Waals surface area contributed by atoms with Gasteiger partial charge in [-0.1, -0.05) is 41.3 Å². The lowest BCUT2D eigenvalue weighted by Crippen LogP contribution is -2.34. The Bertz CT molecular complexity index is 582. The van der Waals surface area contributed by atoms with Crippen LogP contribution >= 0.6 is 23.1 Å². The predicted octanol–water partition coefficient (Wildman–Crippen LogP) is 2.51. The minimum Gasteiger partial charge on any atom is -0.462 e. The molecule has 2 N–H and O–H groups in total. The van der Waals surface area contributed by atoms with E-state index in [1.54, 1.807) is 18.7 Å². The van der Waals surface area contributed by atoms with Crippen LogP contribution in [-0.2, 0) is 4.74 Å². The van der Waals surface area contributed by atoms with Crippen LogP contribution in [0.5, 0.6) is 0 Å². The van der Waals surface area contributed by atoms with Crippen LogP contribution in [0.25, 0.3) is 5.69 Å². The Kier molecular flexibility index (Phi) is 4.44. The van der Waals surface area contributed by atoms with E-state index in [4.69, 9.17) is 10.5 Å². The van der Waals surface area contributed by atoms with E-state index >= 15 is 0 Å². The molecule has 4 nitrogen and oxygen atoms in total. The second-order valence-electron chi connectivity index (χ2n) is 3.68. The molecule has 0 aliphatic heterocycles. The molecule has 1 heterocycles. The van der Waals surface area contributed by atoms with Gasteiger partial charge in [-0.05, 0) is 25.3 Å². The van der Waals surface area contributed by atoms with Crippen molar-refractivity contribution >= 4 is 34.9 Å². The number of ether oxygens (including phenoxy) is 1. The SMILES string of the molecule is CCOC(=O)c1sc(SC)[n+](-c2ccccc2)c1N. The first-order valence-corrected chi connectivity index (χ1v) is 7.84. The lowest BCUT2D eigenvalue weighted by molar-refractivity contribution is -0.613. The molecular weight excluding hydrogens is 280 g/mol. The van der Waals surface area contributed by atoms with Gasteiger partial charge >= 0.3 is 11.8 Å². The molecule has 1 aromatic heterocycles. The molecular formula is C13H15N2O2S2+. The summed E-state index contributed by atoms with van der Waals surface area (Å²) in [5, 5.41) is 0. The van der Waals surface area contributed by atoms with Crippen molar-refractivity contribution in [2.24, 2.45) is 0 Å².